The van der Waals surface area contributed by atoms with Gasteiger partial charge in [0.05, 0.1) is 5.02 Å². The Labute approximate surface area is 126 Å². The zero-order valence-electron chi connectivity index (χ0n) is 10.4. The largest absolute Gasteiger partial charge is 0.312 e. The Bertz CT molecular complexity index is 647. The molecule has 106 valence electrons. The molecule has 1 aliphatic heterocycles. The highest BCUT2D eigenvalue weighted by molar-refractivity contribution is 6.30. The highest BCUT2D eigenvalue weighted by Gasteiger charge is 2.20. The van der Waals surface area contributed by atoms with Crippen molar-refractivity contribution in [3.8, 4) is 11.3 Å². The summed E-state index contributed by atoms with van der Waals surface area (Å²) in [4.78, 5) is 4.03. The van der Waals surface area contributed by atoms with Crippen LogP contribution in [0.15, 0.2) is 24.4 Å². The van der Waals surface area contributed by atoms with Crippen LogP contribution in [-0.4, -0.2) is 11.5 Å². The summed E-state index contributed by atoms with van der Waals surface area (Å²) in [7, 11) is 0. The summed E-state index contributed by atoms with van der Waals surface area (Å²) in [5.41, 5.74) is 2.26. The number of aromatic nitrogens is 1. The number of nitrogens with one attached hydrogen (secondary N) is 1. The molecule has 20 heavy (non-hydrogen) atoms. The molecule has 0 aliphatic carbocycles. The molecule has 1 aromatic heterocycles. The Morgan fingerprint density at radius 2 is 1.95 bits per heavy atom. The third kappa shape index (κ3) is 2.64. The maximum absolute atomic E-state index is 13.9. The fourth-order valence-corrected chi connectivity index (χ4v) is 2.54. The summed E-state index contributed by atoms with van der Waals surface area (Å²) in [6.07, 6.45) is 2.00. The van der Waals surface area contributed by atoms with E-state index in [9.17, 15) is 8.78 Å². The van der Waals surface area contributed by atoms with Crippen LogP contribution in [0.25, 0.3) is 11.3 Å². The molecule has 2 aromatic rings. The van der Waals surface area contributed by atoms with Crippen molar-refractivity contribution in [1.29, 1.82) is 0 Å². The molecule has 0 amide bonds. The smallest absolute Gasteiger partial charge is 0.150 e. The molecular formula is C14H12Cl2F2N2. The number of hydrogen-bond donors (Lipinski definition) is 1. The minimum Gasteiger partial charge on any atom is -0.312 e. The first kappa shape index (κ1) is 15.2. The van der Waals surface area contributed by atoms with E-state index in [2.05, 4.69) is 10.3 Å². The molecular weight excluding hydrogens is 305 g/mol. The Hall–Kier alpha value is -1.23. The summed E-state index contributed by atoms with van der Waals surface area (Å²) >= 11 is 5.70. The van der Waals surface area contributed by atoms with E-state index in [0.717, 1.165) is 12.1 Å². The molecule has 1 N–H and O–H groups in total. The third-order valence-corrected chi connectivity index (χ3v) is 3.50. The lowest BCUT2D eigenvalue weighted by molar-refractivity contribution is 0.569. The fraction of sp³-hybridized carbons (Fsp3) is 0.214. The molecule has 0 unspecified atom stereocenters. The zero-order chi connectivity index (χ0) is 13.4. The fourth-order valence-electron chi connectivity index (χ4n) is 2.40. The van der Waals surface area contributed by atoms with Gasteiger partial charge in [0.25, 0.3) is 0 Å². The van der Waals surface area contributed by atoms with Crippen LogP contribution in [0.5, 0.6) is 0 Å². The number of rotatable bonds is 1. The van der Waals surface area contributed by atoms with Crippen molar-refractivity contribution in [3.05, 3.63) is 52.2 Å². The molecule has 3 rings (SSSR count). The molecule has 6 heteroatoms. The monoisotopic (exact) mass is 316 g/mol. The van der Waals surface area contributed by atoms with Crippen LogP contribution < -0.4 is 5.32 Å². The average Bonchev–Trinajstić information content (AvgIpc) is 2.41. The number of pyridine rings is 1. The van der Waals surface area contributed by atoms with E-state index in [0.29, 0.717) is 24.1 Å². The summed E-state index contributed by atoms with van der Waals surface area (Å²) in [6.45, 7) is 1.25. The summed E-state index contributed by atoms with van der Waals surface area (Å²) in [6, 6.07) is 4.16. The van der Waals surface area contributed by atoms with Crippen molar-refractivity contribution < 1.29 is 8.78 Å². The third-order valence-electron chi connectivity index (χ3n) is 3.29. The number of benzene rings is 1. The van der Waals surface area contributed by atoms with E-state index in [4.69, 9.17) is 11.6 Å². The summed E-state index contributed by atoms with van der Waals surface area (Å²) < 4.78 is 27.7. The lowest BCUT2D eigenvalue weighted by Crippen LogP contribution is -2.25. The number of hydrogen-bond acceptors (Lipinski definition) is 2. The summed E-state index contributed by atoms with van der Waals surface area (Å²) in [5, 5.41) is 3.41. The lowest BCUT2D eigenvalue weighted by Gasteiger charge is -2.21. The first-order valence-corrected chi connectivity index (χ1v) is 6.37. The van der Waals surface area contributed by atoms with E-state index in [1.54, 1.807) is 6.07 Å². The van der Waals surface area contributed by atoms with Gasteiger partial charge in [-0.2, -0.15) is 0 Å². The first-order valence-electron chi connectivity index (χ1n) is 5.99. The van der Waals surface area contributed by atoms with Crippen molar-refractivity contribution in [2.45, 2.75) is 13.0 Å². The second kappa shape index (κ2) is 6.04. The van der Waals surface area contributed by atoms with Gasteiger partial charge >= 0.3 is 0 Å². The predicted molar refractivity (Wildman–Crippen MR) is 77.3 cm³/mol. The van der Waals surface area contributed by atoms with Gasteiger partial charge in [-0.05, 0) is 42.3 Å². The highest BCUT2D eigenvalue weighted by Crippen LogP contribution is 2.31. The molecule has 1 aliphatic rings. The van der Waals surface area contributed by atoms with Crippen LogP contribution in [0.3, 0.4) is 0 Å². The van der Waals surface area contributed by atoms with Crippen molar-refractivity contribution in [3.63, 3.8) is 0 Å². The zero-order valence-corrected chi connectivity index (χ0v) is 12.0. The topological polar surface area (TPSA) is 24.9 Å². The van der Waals surface area contributed by atoms with Crippen LogP contribution in [0.4, 0.5) is 8.78 Å². The normalized spacial score (nSPS) is 13.6. The minimum absolute atomic E-state index is 0. The quantitative estimate of drug-likeness (QED) is 0.866. The van der Waals surface area contributed by atoms with Gasteiger partial charge < -0.3 is 5.32 Å². The second-order valence-electron chi connectivity index (χ2n) is 4.46. The van der Waals surface area contributed by atoms with Gasteiger partial charge in [0.2, 0.25) is 0 Å². The summed E-state index contributed by atoms with van der Waals surface area (Å²) in [5.74, 6) is -0.735. The molecule has 2 nitrogen and oxygen atoms in total. The average molecular weight is 317 g/mol. The standard InChI is InChI=1S/C14H11ClF2N2.ClH/c15-8-5-13(17)14(19-6-8)10-1-2-12(16)9-3-4-18-7-11(9)10;/h1-2,5-6,18H,3-4,7H2;1H. The van der Waals surface area contributed by atoms with Crippen LogP contribution >= 0.6 is 24.0 Å². The van der Waals surface area contributed by atoms with Gasteiger partial charge in [-0.15, -0.1) is 12.4 Å². The molecule has 0 saturated heterocycles. The van der Waals surface area contributed by atoms with Crippen molar-refractivity contribution >= 4 is 24.0 Å². The number of halogens is 4. The number of fused-ring (bicyclic) bond motifs is 1. The van der Waals surface area contributed by atoms with Gasteiger partial charge in [-0.3, -0.25) is 4.98 Å². The molecule has 1 aromatic carbocycles. The van der Waals surface area contributed by atoms with Crippen LogP contribution in [0, 0.1) is 11.6 Å². The van der Waals surface area contributed by atoms with Gasteiger partial charge in [-0.25, -0.2) is 8.78 Å². The van der Waals surface area contributed by atoms with Crippen molar-refractivity contribution in [2.75, 3.05) is 6.54 Å². The molecule has 0 saturated carbocycles. The Morgan fingerprint density at radius 3 is 2.70 bits per heavy atom. The molecule has 0 atom stereocenters. The molecule has 2 heterocycles. The first-order chi connectivity index (χ1) is 9.16. The van der Waals surface area contributed by atoms with E-state index in [1.165, 1.54) is 18.3 Å². The molecule has 0 spiro atoms. The van der Waals surface area contributed by atoms with Crippen molar-refractivity contribution in [2.24, 2.45) is 0 Å². The SMILES string of the molecule is Cl.Fc1cc(Cl)cnc1-c1ccc(F)c2c1CNCC2. The van der Waals surface area contributed by atoms with Crippen molar-refractivity contribution in [1.82, 2.24) is 10.3 Å². The van der Waals surface area contributed by atoms with Gasteiger partial charge in [0, 0.05) is 18.3 Å². The molecule has 0 bridgehead atoms. The van der Waals surface area contributed by atoms with Gasteiger partial charge in [-0.1, -0.05) is 11.6 Å². The number of nitrogens with zero attached hydrogens (tertiary/aromatic N) is 1. The van der Waals surface area contributed by atoms with Crippen LogP contribution in [0.2, 0.25) is 5.02 Å². The lowest BCUT2D eigenvalue weighted by atomic mass is 9.93. The highest BCUT2D eigenvalue weighted by atomic mass is 35.5. The van der Waals surface area contributed by atoms with Gasteiger partial charge in [0.1, 0.15) is 11.5 Å². The minimum atomic E-state index is -0.494. The van der Waals surface area contributed by atoms with E-state index in [1.807, 2.05) is 0 Å². The maximum atomic E-state index is 13.9. The molecule has 0 radical (unpaired) electrons. The van der Waals surface area contributed by atoms with Gasteiger partial charge in [0.15, 0.2) is 5.82 Å². The van der Waals surface area contributed by atoms with E-state index < -0.39 is 5.82 Å². The maximum Gasteiger partial charge on any atom is 0.150 e. The Balaban J connectivity index is 0.00000147. The molecule has 0 fully saturated rings. The Morgan fingerprint density at radius 1 is 1.15 bits per heavy atom. The predicted octanol–water partition coefficient (Wildman–Crippen LogP) is 3.75. The Kier molecular flexibility index (Phi) is 4.58. The van der Waals surface area contributed by atoms with Crippen LogP contribution in [0.1, 0.15) is 11.1 Å². The van der Waals surface area contributed by atoms with E-state index >= 15 is 0 Å². The van der Waals surface area contributed by atoms with Crippen LogP contribution in [-0.2, 0) is 13.0 Å². The second-order valence-corrected chi connectivity index (χ2v) is 4.90. The van der Waals surface area contributed by atoms with E-state index in [-0.39, 0.29) is 28.9 Å².